The van der Waals surface area contributed by atoms with E-state index in [1.165, 1.54) is 0 Å². The molecule has 0 spiro atoms. The second-order valence-electron chi connectivity index (χ2n) is 3.39. The summed E-state index contributed by atoms with van der Waals surface area (Å²) in [6, 6.07) is 5.27. The molecule has 5 heteroatoms. The number of aromatic amines is 1. The zero-order valence-corrected chi connectivity index (χ0v) is 8.28. The van der Waals surface area contributed by atoms with Crippen LogP contribution in [0.3, 0.4) is 0 Å². The fourth-order valence-corrected chi connectivity index (χ4v) is 1.53. The molecule has 3 N–H and O–H groups in total. The number of nitrogens with two attached hydrogens (primary N) is 1. The standard InChI is InChI=1S/C10H11N3O2/c1-6-2-3-7-8(4-6)12-10(15)13(5-11)9(7)14/h2-4H,5,11H2,1H3,(H,12,15). The van der Waals surface area contributed by atoms with Crippen LogP contribution < -0.4 is 17.0 Å². The van der Waals surface area contributed by atoms with Crippen molar-refractivity contribution >= 4 is 10.9 Å². The van der Waals surface area contributed by atoms with Gasteiger partial charge < -0.3 is 10.7 Å². The molecule has 0 aliphatic heterocycles. The summed E-state index contributed by atoms with van der Waals surface area (Å²) >= 11 is 0. The Morgan fingerprint density at radius 2 is 2.13 bits per heavy atom. The summed E-state index contributed by atoms with van der Waals surface area (Å²) < 4.78 is 0.970. The Bertz CT molecular complexity index is 625. The highest BCUT2D eigenvalue weighted by atomic mass is 16.2. The molecular weight excluding hydrogens is 194 g/mol. The van der Waals surface area contributed by atoms with E-state index in [2.05, 4.69) is 4.98 Å². The van der Waals surface area contributed by atoms with Crippen LogP contribution in [0.4, 0.5) is 0 Å². The molecule has 78 valence electrons. The van der Waals surface area contributed by atoms with Crippen molar-refractivity contribution in [2.45, 2.75) is 13.6 Å². The highest BCUT2D eigenvalue weighted by Crippen LogP contribution is 2.07. The summed E-state index contributed by atoms with van der Waals surface area (Å²) in [4.78, 5) is 25.8. The Morgan fingerprint density at radius 1 is 1.40 bits per heavy atom. The van der Waals surface area contributed by atoms with Gasteiger partial charge in [-0.15, -0.1) is 0 Å². The maximum absolute atomic E-state index is 11.8. The molecule has 2 rings (SSSR count). The number of nitrogens with zero attached hydrogens (tertiary/aromatic N) is 1. The van der Waals surface area contributed by atoms with Crippen molar-refractivity contribution in [2.75, 3.05) is 0 Å². The minimum absolute atomic E-state index is 0.113. The smallest absolute Gasteiger partial charge is 0.313 e. The first-order chi connectivity index (χ1) is 7.13. The number of rotatable bonds is 1. The third-order valence-corrected chi connectivity index (χ3v) is 2.32. The van der Waals surface area contributed by atoms with E-state index in [9.17, 15) is 9.59 Å². The van der Waals surface area contributed by atoms with Crippen molar-refractivity contribution < 1.29 is 0 Å². The molecule has 0 aliphatic carbocycles. The van der Waals surface area contributed by atoms with Gasteiger partial charge in [-0.25, -0.2) is 9.36 Å². The highest BCUT2D eigenvalue weighted by molar-refractivity contribution is 5.77. The molecule has 1 heterocycles. The van der Waals surface area contributed by atoms with E-state index in [-0.39, 0.29) is 12.2 Å². The van der Waals surface area contributed by atoms with Gasteiger partial charge in [-0.1, -0.05) is 6.07 Å². The SMILES string of the molecule is Cc1ccc2c(=O)n(CN)c(=O)[nH]c2c1. The van der Waals surface area contributed by atoms with E-state index in [1.807, 2.05) is 13.0 Å². The first kappa shape index (κ1) is 9.67. The lowest BCUT2D eigenvalue weighted by Gasteiger charge is -2.03. The molecule has 15 heavy (non-hydrogen) atoms. The van der Waals surface area contributed by atoms with Gasteiger partial charge in [0.25, 0.3) is 5.56 Å². The number of hydrogen-bond acceptors (Lipinski definition) is 3. The molecule has 1 aromatic carbocycles. The summed E-state index contributed by atoms with van der Waals surface area (Å²) in [7, 11) is 0. The molecule has 0 saturated carbocycles. The van der Waals surface area contributed by atoms with Crippen LogP contribution in [0.2, 0.25) is 0 Å². The quantitative estimate of drug-likeness (QED) is 0.683. The van der Waals surface area contributed by atoms with Gasteiger partial charge in [-0.05, 0) is 24.6 Å². The summed E-state index contributed by atoms with van der Waals surface area (Å²) in [5.41, 5.74) is 6.03. The number of benzene rings is 1. The van der Waals surface area contributed by atoms with Gasteiger partial charge in [0, 0.05) is 0 Å². The van der Waals surface area contributed by atoms with Crippen LogP contribution >= 0.6 is 0 Å². The summed E-state index contributed by atoms with van der Waals surface area (Å²) in [6.07, 6.45) is 0. The molecule has 0 atom stereocenters. The average molecular weight is 205 g/mol. The molecule has 5 nitrogen and oxygen atoms in total. The number of aromatic nitrogens is 2. The monoisotopic (exact) mass is 205 g/mol. The Kier molecular flexibility index (Phi) is 2.17. The lowest BCUT2D eigenvalue weighted by atomic mass is 10.2. The van der Waals surface area contributed by atoms with E-state index in [4.69, 9.17) is 5.73 Å². The van der Waals surface area contributed by atoms with Crippen molar-refractivity contribution in [1.29, 1.82) is 0 Å². The van der Waals surface area contributed by atoms with Crippen molar-refractivity contribution in [3.8, 4) is 0 Å². The van der Waals surface area contributed by atoms with Crippen LogP contribution in [-0.4, -0.2) is 9.55 Å². The van der Waals surface area contributed by atoms with Gasteiger partial charge in [-0.2, -0.15) is 0 Å². The van der Waals surface area contributed by atoms with Gasteiger partial charge in [0.15, 0.2) is 0 Å². The van der Waals surface area contributed by atoms with E-state index < -0.39 is 5.69 Å². The largest absolute Gasteiger partial charge is 0.329 e. The normalized spacial score (nSPS) is 10.8. The van der Waals surface area contributed by atoms with Gasteiger partial charge in [0.1, 0.15) is 0 Å². The molecule has 2 aromatic rings. The van der Waals surface area contributed by atoms with Crippen molar-refractivity contribution in [2.24, 2.45) is 5.73 Å². The molecule has 0 fully saturated rings. The van der Waals surface area contributed by atoms with Crippen molar-refractivity contribution in [1.82, 2.24) is 9.55 Å². The molecule has 0 bridgehead atoms. The topological polar surface area (TPSA) is 80.9 Å². The first-order valence-electron chi connectivity index (χ1n) is 4.57. The first-order valence-corrected chi connectivity index (χ1v) is 4.57. The van der Waals surface area contributed by atoms with E-state index in [1.54, 1.807) is 12.1 Å². The number of fused-ring (bicyclic) bond motifs is 1. The van der Waals surface area contributed by atoms with E-state index in [0.29, 0.717) is 10.9 Å². The number of H-pyrrole nitrogens is 1. The van der Waals surface area contributed by atoms with Crippen LogP contribution in [0.5, 0.6) is 0 Å². The fraction of sp³-hybridized carbons (Fsp3) is 0.200. The Hall–Kier alpha value is -1.88. The molecule has 0 aliphatic rings. The molecule has 0 unspecified atom stereocenters. The third kappa shape index (κ3) is 1.46. The minimum Gasteiger partial charge on any atom is -0.313 e. The van der Waals surface area contributed by atoms with Gasteiger partial charge >= 0.3 is 5.69 Å². The Morgan fingerprint density at radius 3 is 2.80 bits per heavy atom. The lowest BCUT2D eigenvalue weighted by molar-refractivity contribution is 0.661. The second kappa shape index (κ2) is 3.36. The van der Waals surface area contributed by atoms with E-state index in [0.717, 1.165) is 10.1 Å². The molecule has 0 radical (unpaired) electrons. The summed E-state index contributed by atoms with van der Waals surface area (Å²) in [6.45, 7) is 1.78. The lowest BCUT2D eigenvalue weighted by Crippen LogP contribution is -2.37. The van der Waals surface area contributed by atoms with Crippen LogP contribution in [0.1, 0.15) is 5.56 Å². The van der Waals surface area contributed by atoms with Gasteiger partial charge in [0.2, 0.25) is 0 Å². The maximum atomic E-state index is 11.8. The van der Waals surface area contributed by atoms with Crippen LogP contribution in [-0.2, 0) is 6.67 Å². The van der Waals surface area contributed by atoms with Gasteiger partial charge in [-0.3, -0.25) is 4.79 Å². The number of aryl methyl sites for hydroxylation is 1. The molecule has 0 saturated heterocycles. The minimum atomic E-state index is -0.472. The van der Waals surface area contributed by atoms with Crippen LogP contribution in [0.15, 0.2) is 27.8 Å². The number of nitrogens with one attached hydrogen (secondary N) is 1. The highest BCUT2D eigenvalue weighted by Gasteiger charge is 2.05. The predicted molar refractivity (Wildman–Crippen MR) is 57.8 cm³/mol. The maximum Gasteiger partial charge on any atom is 0.329 e. The Labute approximate surface area is 85.2 Å². The summed E-state index contributed by atoms with van der Waals surface area (Å²) in [5, 5.41) is 0.477. The second-order valence-corrected chi connectivity index (χ2v) is 3.39. The van der Waals surface area contributed by atoms with Crippen molar-refractivity contribution in [3.63, 3.8) is 0 Å². The predicted octanol–water partition coefficient (Wildman–Crippen LogP) is -0.0856. The molecule has 1 aromatic heterocycles. The zero-order valence-electron chi connectivity index (χ0n) is 8.28. The van der Waals surface area contributed by atoms with E-state index >= 15 is 0 Å². The van der Waals surface area contributed by atoms with Crippen molar-refractivity contribution in [3.05, 3.63) is 44.6 Å². The van der Waals surface area contributed by atoms with Gasteiger partial charge in [0.05, 0.1) is 17.6 Å². The average Bonchev–Trinajstić information content (AvgIpc) is 2.17. The summed E-state index contributed by atoms with van der Waals surface area (Å²) in [5.74, 6) is 0. The molecule has 0 amide bonds. The Balaban J connectivity index is 2.98. The third-order valence-electron chi connectivity index (χ3n) is 2.32. The zero-order chi connectivity index (χ0) is 11.0. The molecular formula is C10H11N3O2. The van der Waals surface area contributed by atoms with Crippen LogP contribution in [0.25, 0.3) is 10.9 Å². The number of hydrogen-bond donors (Lipinski definition) is 2. The fourth-order valence-electron chi connectivity index (χ4n) is 1.53. The van der Waals surface area contributed by atoms with Crippen LogP contribution in [0, 0.1) is 6.92 Å².